The number of guanidine groups is 1. The minimum atomic E-state index is -0.224. The summed E-state index contributed by atoms with van der Waals surface area (Å²) in [5.74, 6) is 1.15. The van der Waals surface area contributed by atoms with Crippen LogP contribution in [0.25, 0.3) is 0 Å². The monoisotopic (exact) mass is 554 g/mol. The number of anilines is 1. The maximum Gasteiger partial charge on any atom is 0.220 e. The summed E-state index contributed by atoms with van der Waals surface area (Å²) < 4.78 is 13.0. The number of amides is 1. The van der Waals surface area contributed by atoms with Gasteiger partial charge in [0.1, 0.15) is 11.6 Å². The van der Waals surface area contributed by atoms with E-state index in [1.54, 1.807) is 18.3 Å². The Morgan fingerprint density at radius 1 is 1.22 bits per heavy atom. The number of primary amides is 1. The molecule has 1 aliphatic rings. The standard InChI is InChI=1S/C23H31FN6O.HI/c1-2-26-23(28-13-9-17-5-7-20(24)8-6-17)29-16-19-4-3-12-27-22(19)30-14-10-18(11-15-30)21(25)31;/h3-8,12,18H,2,9-11,13-16H2,1H3,(H2,25,31)(H2,26,28,29);1H. The Bertz CT molecular complexity index is 884. The molecule has 9 heteroatoms. The number of aromatic nitrogens is 1. The summed E-state index contributed by atoms with van der Waals surface area (Å²) in [6.07, 6.45) is 4.07. The van der Waals surface area contributed by atoms with Gasteiger partial charge in [0.2, 0.25) is 5.91 Å². The number of halogens is 2. The molecule has 0 bridgehead atoms. The third-order valence-corrected chi connectivity index (χ3v) is 5.44. The van der Waals surface area contributed by atoms with Crippen LogP contribution in [0.1, 0.15) is 30.9 Å². The molecule has 1 saturated heterocycles. The Labute approximate surface area is 206 Å². The van der Waals surface area contributed by atoms with Gasteiger partial charge in [-0.1, -0.05) is 18.2 Å². The van der Waals surface area contributed by atoms with Crippen LogP contribution in [0, 0.1) is 11.7 Å². The van der Waals surface area contributed by atoms with Crippen LogP contribution in [0.15, 0.2) is 47.6 Å². The van der Waals surface area contributed by atoms with E-state index < -0.39 is 0 Å². The van der Waals surface area contributed by atoms with Gasteiger partial charge in [0.25, 0.3) is 0 Å². The van der Waals surface area contributed by atoms with Gasteiger partial charge in [0.05, 0.1) is 6.54 Å². The zero-order valence-corrected chi connectivity index (χ0v) is 20.7. The first-order chi connectivity index (χ1) is 15.1. The van der Waals surface area contributed by atoms with E-state index in [0.717, 1.165) is 61.8 Å². The van der Waals surface area contributed by atoms with E-state index >= 15 is 0 Å². The van der Waals surface area contributed by atoms with Gasteiger partial charge in [0.15, 0.2) is 5.96 Å². The topological polar surface area (TPSA) is 95.6 Å². The minimum absolute atomic E-state index is 0. The lowest BCUT2D eigenvalue weighted by Gasteiger charge is -2.32. The number of piperidine rings is 1. The van der Waals surface area contributed by atoms with E-state index in [0.29, 0.717) is 13.1 Å². The van der Waals surface area contributed by atoms with E-state index in [1.807, 2.05) is 19.1 Å². The van der Waals surface area contributed by atoms with Gasteiger partial charge < -0.3 is 21.3 Å². The molecule has 7 nitrogen and oxygen atoms in total. The molecule has 0 spiro atoms. The Balaban J connectivity index is 0.00000363. The minimum Gasteiger partial charge on any atom is -0.369 e. The van der Waals surface area contributed by atoms with Crippen LogP contribution in [-0.4, -0.2) is 43.0 Å². The van der Waals surface area contributed by atoms with Crippen molar-refractivity contribution in [2.24, 2.45) is 16.6 Å². The highest BCUT2D eigenvalue weighted by atomic mass is 127. The molecule has 3 rings (SSSR count). The van der Waals surface area contributed by atoms with Gasteiger partial charge in [-0.05, 0) is 49.9 Å². The van der Waals surface area contributed by atoms with Gasteiger partial charge in [-0.3, -0.25) is 4.79 Å². The number of hydrogen-bond donors (Lipinski definition) is 3. The van der Waals surface area contributed by atoms with Gasteiger partial charge in [-0.25, -0.2) is 14.4 Å². The van der Waals surface area contributed by atoms with Gasteiger partial charge >= 0.3 is 0 Å². The second kappa shape index (κ2) is 13.2. The third kappa shape index (κ3) is 7.61. The number of nitrogens with two attached hydrogens (primary N) is 1. The molecule has 1 fully saturated rings. The van der Waals surface area contributed by atoms with E-state index in [1.165, 1.54) is 12.1 Å². The van der Waals surface area contributed by atoms with Crippen LogP contribution >= 0.6 is 24.0 Å². The fourth-order valence-electron chi connectivity index (χ4n) is 3.70. The Morgan fingerprint density at radius 2 is 1.94 bits per heavy atom. The Morgan fingerprint density at radius 3 is 2.59 bits per heavy atom. The number of aliphatic imine (C=N–C) groups is 1. The number of benzene rings is 1. The van der Waals surface area contributed by atoms with Crippen molar-refractivity contribution in [1.29, 1.82) is 0 Å². The van der Waals surface area contributed by atoms with Crippen molar-refractivity contribution in [2.75, 3.05) is 31.1 Å². The van der Waals surface area contributed by atoms with Crippen molar-refractivity contribution in [3.63, 3.8) is 0 Å². The molecule has 1 aromatic heterocycles. The van der Waals surface area contributed by atoms with Crippen molar-refractivity contribution in [1.82, 2.24) is 15.6 Å². The van der Waals surface area contributed by atoms with E-state index in [4.69, 9.17) is 10.7 Å². The van der Waals surface area contributed by atoms with Crippen molar-refractivity contribution in [2.45, 2.75) is 32.7 Å². The third-order valence-electron chi connectivity index (χ3n) is 5.44. The SMILES string of the molecule is CCNC(=NCc1cccnc1N1CCC(C(N)=O)CC1)NCCc1ccc(F)cc1.I. The van der Waals surface area contributed by atoms with E-state index in [2.05, 4.69) is 20.5 Å². The zero-order chi connectivity index (χ0) is 22.1. The quantitative estimate of drug-likeness (QED) is 0.265. The summed E-state index contributed by atoms with van der Waals surface area (Å²) in [5.41, 5.74) is 7.56. The van der Waals surface area contributed by atoms with Gasteiger partial charge in [0, 0.05) is 43.9 Å². The van der Waals surface area contributed by atoms with E-state index in [-0.39, 0.29) is 41.6 Å². The molecule has 4 N–H and O–H groups in total. The average molecular weight is 554 g/mol. The molecule has 1 aromatic carbocycles. The highest BCUT2D eigenvalue weighted by Crippen LogP contribution is 2.24. The number of carbonyl (C=O) groups is 1. The van der Waals surface area contributed by atoms with Crippen LogP contribution in [0.3, 0.4) is 0 Å². The Kier molecular flexibility index (Phi) is 10.6. The maximum absolute atomic E-state index is 13.0. The summed E-state index contributed by atoms with van der Waals surface area (Å²) in [6.45, 7) is 5.48. The predicted octanol–water partition coefficient (Wildman–Crippen LogP) is 2.84. The summed E-state index contributed by atoms with van der Waals surface area (Å²) in [4.78, 5) is 22.9. The molecule has 32 heavy (non-hydrogen) atoms. The predicted molar refractivity (Wildman–Crippen MR) is 137 cm³/mol. The molecule has 2 aromatic rings. The average Bonchev–Trinajstić information content (AvgIpc) is 2.79. The largest absolute Gasteiger partial charge is 0.369 e. The van der Waals surface area contributed by atoms with Crippen molar-refractivity contribution >= 4 is 41.7 Å². The van der Waals surface area contributed by atoms with Crippen LogP contribution in [-0.2, 0) is 17.8 Å². The molecular formula is C23H32FIN6O. The van der Waals surface area contributed by atoms with Crippen LogP contribution < -0.4 is 21.3 Å². The zero-order valence-electron chi connectivity index (χ0n) is 18.4. The number of pyridine rings is 1. The Hall–Kier alpha value is -2.43. The second-order valence-electron chi connectivity index (χ2n) is 7.65. The molecule has 0 saturated carbocycles. The summed E-state index contributed by atoms with van der Waals surface area (Å²) in [7, 11) is 0. The smallest absolute Gasteiger partial charge is 0.220 e. The van der Waals surface area contributed by atoms with Crippen molar-refractivity contribution in [3.05, 3.63) is 59.5 Å². The first-order valence-electron chi connectivity index (χ1n) is 10.8. The van der Waals surface area contributed by atoms with Gasteiger partial charge in [-0.2, -0.15) is 0 Å². The molecule has 0 unspecified atom stereocenters. The second-order valence-corrected chi connectivity index (χ2v) is 7.65. The molecule has 1 aliphatic heterocycles. The van der Waals surface area contributed by atoms with Crippen LogP contribution in [0.2, 0.25) is 0 Å². The molecule has 0 radical (unpaired) electrons. The highest BCUT2D eigenvalue weighted by Gasteiger charge is 2.24. The molecule has 174 valence electrons. The van der Waals surface area contributed by atoms with E-state index in [9.17, 15) is 9.18 Å². The molecule has 0 aliphatic carbocycles. The lowest BCUT2D eigenvalue weighted by Crippen LogP contribution is -2.39. The summed E-state index contributed by atoms with van der Waals surface area (Å²) >= 11 is 0. The first kappa shape index (κ1) is 25.8. The van der Waals surface area contributed by atoms with Gasteiger partial charge in [-0.15, -0.1) is 24.0 Å². The number of carbonyl (C=O) groups excluding carboxylic acids is 1. The molecule has 1 amide bonds. The first-order valence-corrected chi connectivity index (χ1v) is 10.8. The lowest BCUT2D eigenvalue weighted by molar-refractivity contribution is -0.122. The number of nitrogens with one attached hydrogen (secondary N) is 2. The van der Waals surface area contributed by atoms with Crippen LogP contribution in [0.4, 0.5) is 10.2 Å². The summed E-state index contributed by atoms with van der Waals surface area (Å²) in [6, 6.07) is 10.5. The normalized spacial score (nSPS) is 14.6. The fraction of sp³-hybridized carbons (Fsp3) is 0.435. The molecule has 0 atom stereocenters. The number of nitrogens with zero attached hydrogens (tertiary/aromatic N) is 3. The number of rotatable bonds is 8. The summed E-state index contributed by atoms with van der Waals surface area (Å²) in [5, 5.41) is 6.59. The van der Waals surface area contributed by atoms with Crippen LogP contribution in [0.5, 0.6) is 0 Å². The molecular weight excluding hydrogens is 522 g/mol. The van der Waals surface area contributed by atoms with Crippen molar-refractivity contribution < 1.29 is 9.18 Å². The molecule has 2 heterocycles. The highest BCUT2D eigenvalue weighted by molar-refractivity contribution is 14.0. The fourth-order valence-corrected chi connectivity index (χ4v) is 3.70. The number of hydrogen-bond acceptors (Lipinski definition) is 4. The maximum atomic E-state index is 13.0. The lowest BCUT2D eigenvalue weighted by atomic mass is 9.96. The van der Waals surface area contributed by atoms with Crippen molar-refractivity contribution in [3.8, 4) is 0 Å².